The first-order valence-electron chi connectivity index (χ1n) is 11.1. The van der Waals surface area contributed by atoms with Crippen LogP contribution >= 0.6 is 23.5 Å². The van der Waals surface area contributed by atoms with Gasteiger partial charge in [0.15, 0.2) is 23.8 Å². The molecule has 0 aliphatic carbocycles. The van der Waals surface area contributed by atoms with Gasteiger partial charge in [0.1, 0.15) is 24.1 Å². The number of esters is 1. The minimum Gasteiger partial charge on any atom is -0.451 e. The van der Waals surface area contributed by atoms with Gasteiger partial charge in [-0.05, 0) is 12.1 Å². The molecule has 3 heterocycles. The molecule has 1 fully saturated rings. The third-order valence-electron chi connectivity index (χ3n) is 5.45. The number of anilines is 2. The molecule has 0 bridgehead atoms. The number of imidazole rings is 1. The second-order valence-electron chi connectivity index (χ2n) is 8.19. The third kappa shape index (κ3) is 7.34. The number of aliphatic hydroxyl groups is 1. The van der Waals surface area contributed by atoms with Gasteiger partial charge >= 0.3 is 29.4 Å². The maximum Gasteiger partial charge on any atom is 0.490 e. The van der Waals surface area contributed by atoms with E-state index in [2.05, 4.69) is 33.4 Å². The molecule has 23 heteroatoms. The van der Waals surface area contributed by atoms with Crippen LogP contribution in [0.15, 0.2) is 36.9 Å². The van der Waals surface area contributed by atoms with E-state index < -0.39 is 60.6 Å². The molecule has 6 unspecified atom stereocenters. The molecule has 0 spiro atoms. The number of nitrogens with zero attached hydrogens (tertiary/aromatic N) is 4. The van der Waals surface area contributed by atoms with Gasteiger partial charge in [-0.3, -0.25) is 9.09 Å². The van der Waals surface area contributed by atoms with Gasteiger partial charge in [0, 0.05) is 12.7 Å². The monoisotopic (exact) mass is 640 g/mol. The Bertz CT molecular complexity index is 1580. The van der Waals surface area contributed by atoms with E-state index in [-0.39, 0.29) is 22.5 Å². The predicted molar refractivity (Wildman–Crippen MR) is 135 cm³/mol. The summed E-state index contributed by atoms with van der Waals surface area (Å²) >= 11 is 0. The van der Waals surface area contributed by atoms with E-state index in [9.17, 15) is 33.4 Å². The quantitative estimate of drug-likeness (QED) is 0.109. The second-order valence-corrected chi connectivity index (χ2v) is 12.6. The number of nitrogens with two attached hydrogens (primary N) is 1. The van der Waals surface area contributed by atoms with E-state index in [1.54, 1.807) is 25.2 Å². The molecule has 1 aliphatic heterocycles. The largest absolute Gasteiger partial charge is 0.490 e. The lowest BCUT2D eigenvalue weighted by Crippen LogP contribution is -2.37. The first kappa shape index (κ1) is 31.1. The summed E-state index contributed by atoms with van der Waals surface area (Å²) < 4.78 is 59.1. The number of aliphatic hydroxyl groups excluding tert-OH is 1. The number of phosphoric acid groups is 3. The number of rotatable bonds is 11. The summed E-state index contributed by atoms with van der Waals surface area (Å²) in [6.07, 6.45) is -3.87. The lowest BCUT2D eigenvalue weighted by atomic mass is 10.1. The lowest BCUT2D eigenvalue weighted by molar-refractivity contribution is -0.0557. The number of ether oxygens (including phenoxy) is 2. The molecule has 1 aromatic carbocycles. The van der Waals surface area contributed by atoms with Gasteiger partial charge in [-0.2, -0.15) is 8.62 Å². The van der Waals surface area contributed by atoms with Crippen LogP contribution in [0.3, 0.4) is 0 Å². The summed E-state index contributed by atoms with van der Waals surface area (Å²) in [7, 11) is -15.4. The van der Waals surface area contributed by atoms with E-state index in [0.717, 1.165) is 6.33 Å². The van der Waals surface area contributed by atoms with Crippen LogP contribution in [0.25, 0.3) is 11.2 Å². The fourth-order valence-corrected chi connectivity index (χ4v) is 6.83. The average molecular weight is 640 g/mol. The summed E-state index contributed by atoms with van der Waals surface area (Å²) in [5.41, 5.74) is 6.58. The van der Waals surface area contributed by atoms with Gasteiger partial charge < -0.3 is 45.2 Å². The van der Waals surface area contributed by atoms with E-state index in [1.807, 2.05) is 0 Å². The van der Waals surface area contributed by atoms with E-state index in [1.165, 1.54) is 17.0 Å². The zero-order valence-corrected chi connectivity index (χ0v) is 23.3. The van der Waals surface area contributed by atoms with Gasteiger partial charge in [-0.15, -0.1) is 0 Å². The summed E-state index contributed by atoms with van der Waals surface area (Å²) in [5.74, 6) is -0.882. The number of aromatic nitrogens is 4. The van der Waals surface area contributed by atoms with Crippen LogP contribution < -0.4 is 11.1 Å². The molecule has 0 amide bonds. The lowest BCUT2D eigenvalue weighted by Gasteiger charge is -2.22. The van der Waals surface area contributed by atoms with Crippen molar-refractivity contribution >= 4 is 52.1 Å². The van der Waals surface area contributed by atoms with Crippen LogP contribution in [-0.4, -0.2) is 82.1 Å². The Morgan fingerprint density at radius 3 is 2.49 bits per heavy atom. The Morgan fingerprint density at radius 2 is 1.80 bits per heavy atom. The van der Waals surface area contributed by atoms with Crippen molar-refractivity contribution in [2.75, 3.05) is 24.7 Å². The van der Waals surface area contributed by atoms with Crippen LogP contribution in [0, 0.1) is 0 Å². The van der Waals surface area contributed by atoms with Gasteiger partial charge in [-0.1, -0.05) is 12.1 Å². The molecule has 3 aromatic rings. The highest BCUT2D eigenvalue weighted by Crippen LogP contribution is 2.66. The standard InChI is InChI=1S/C18H23N6O14P3/c1-20-10-5-3-2-4-9(10)18(26)36-14-13(25)11(6-34-40(30,31)38-41(32,33)37-39(27,28)29)35-17(14)24-8-23-12-15(19)21-7-22-16(12)24/h2-5,7-8,11,13-14,17,20,25H,6H2,1H3,(H,30,31)(H,32,33)(H2,19,21,22)(H2,27,28,29). The van der Waals surface area contributed by atoms with Crippen LogP contribution in [0.1, 0.15) is 16.6 Å². The Kier molecular flexibility index (Phi) is 8.96. The second kappa shape index (κ2) is 11.8. The molecule has 0 saturated carbocycles. The topological polar surface area (TPSA) is 297 Å². The maximum absolute atomic E-state index is 13.1. The fourth-order valence-electron chi connectivity index (χ4n) is 3.80. The number of hydrogen-bond donors (Lipinski definition) is 7. The first-order chi connectivity index (χ1) is 19.1. The van der Waals surface area contributed by atoms with Crippen molar-refractivity contribution in [1.82, 2.24) is 19.5 Å². The molecule has 0 radical (unpaired) electrons. The highest BCUT2D eigenvalue weighted by molar-refractivity contribution is 7.66. The normalized spacial score (nSPS) is 24.0. The molecular formula is C18H23N6O14P3. The van der Waals surface area contributed by atoms with Crippen molar-refractivity contribution in [3.05, 3.63) is 42.5 Å². The Morgan fingerprint density at radius 1 is 1.10 bits per heavy atom. The van der Waals surface area contributed by atoms with E-state index in [0.29, 0.717) is 5.69 Å². The van der Waals surface area contributed by atoms with Crippen molar-refractivity contribution < 1.29 is 65.8 Å². The summed E-state index contributed by atoms with van der Waals surface area (Å²) in [6, 6.07) is 6.30. The minimum atomic E-state index is -5.79. The molecule has 4 rings (SSSR count). The highest BCUT2D eigenvalue weighted by Gasteiger charge is 2.49. The molecule has 1 aliphatic rings. The number of carbonyl (C=O) groups is 1. The summed E-state index contributed by atoms with van der Waals surface area (Å²) in [6.45, 7) is -1.02. The highest BCUT2D eigenvalue weighted by atomic mass is 31.3. The molecule has 224 valence electrons. The number of phosphoric ester groups is 1. The molecule has 41 heavy (non-hydrogen) atoms. The van der Waals surface area contributed by atoms with Crippen LogP contribution in [0.2, 0.25) is 0 Å². The molecular weight excluding hydrogens is 617 g/mol. The van der Waals surface area contributed by atoms with Crippen molar-refractivity contribution in [3.8, 4) is 0 Å². The Hall–Kier alpha value is -2.83. The van der Waals surface area contributed by atoms with Crippen molar-refractivity contribution in [2.24, 2.45) is 0 Å². The summed E-state index contributed by atoms with van der Waals surface area (Å²) in [4.78, 5) is 61.5. The smallest absolute Gasteiger partial charge is 0.451 e. The molecule has 6 atom stereocenters. The van der Waals surface area contributed by atoms with Gasteiger partial charge in [-0.25, -0.2) is 33.4 Å². The number of carbonyl (C=O) groups excluding carboxylic acids is 1. The number of fused-ring (bicyclic) bond motifs is 1. The zero-order chi connectivity index (χ0) is 30.2. The van der Waals surface area contributed by atoms with E-state index >= 15 is 0 Å². The molecule has 20 nitrogen and oxygen atoms in total. The van der Waals surface area contributed by atoms with Crippen molar-refractivity contribution in [3.63, 3.8) is 0 Å². The van der Waals surface area contributed by atoms with Crippen LogP contribution in [0.4, 0.5) is 11.5 Å². The first-order valence-corrected chi connectivity index (χ1v) is 15.7. The Labute approximate surface area is 229 Å². The molecule has 8 N–H and O–H groups in total. The van der Waals surface area contributed by atoms with Gasteiger partial charge in [0.25, 0.3) is 0 Å². The Balaban J connectivity index is 1.59. The van der Waals surface area contributed by atoms with Crippen LogP contribution in [-0.2, 0) is 36.3 Å². The SMILES string of the molecule is CNc1ccccc1C(=O)OC1C(O)C(COP(=O)(O)OP(=O)(O)OP(=O)(O)O)OC1n1cnc2c(N)ncnc21. The minimum absolute atomic E-state index is 0.00740. The van der Waals surface area contributed by atoms with Crippen molar-refractivity contribution in [2.45, 2.75) is 24.5 Å². The number of hydrogen-bond acceptors (Lipinski definition) is 15. The number of nitrogens with one attached hydrogen (secondary N) is 1. The van der Waals surface area contributed by atoms with Gasteiger partial charge in [0.05, 0.1) is 18.5 Å². The number of nitrogen functional groups attached to an aromatic ring is 1. The zero-order valence-electron chi connectivity index (χ0n) is 20.6. The number of benzene rings is 1. The van der Waals surface area contributed by atoms with E-state index in [4.69, 9.17) is 25.0 Å². The molecule has 2 aromatic heterocycles. The average Bonchev–Trinajstić information content (AvgIpc) is 3.42. The van der Waals surface area contributed by atoms with Crippen molar-refractivity contribution in [1.29, 1.82) is 0 Å². The fraction of sp³-hybridized carbons (Fsp3) is 0.333. The third-order valence-corrected chi connectivity index (χ3v) is 9.25. The summed E-state index contributed by atoms with van der Waals surface area (Å²) in [5, 5.41) is 13.8. The maximum atomic E-state index is 13.1. The number of para-hydroxylation sites is 1. The van der Waals surface area contributed by atoms with Gasteiger partial charge in [0.2, 0.25) is 0 Å². The predicted octanol–water partition coefficient (Wildman–Crippen LogP) is 0.277. The van der Waals surface area contributed by atoms with Crippen LogP contribution in [0.5, 0.6) is 0 Å². The molecule has 1 saturated heterocycles.